The Morgan fingerprint density at radius 3 is 1.67 bits per heavy atom. The second-order valence-electron chi connectivity index (χ2n) is 1.90. The topological polar surface area (TPSA) is 52.0 Å². The van der Waals surface area contributed by atoms with E-state index in [1.807, 2.05) is 0 Å². The van der Waals surface area contributed by atoms with Gasteiger partial charge in [0.25, 0.3) is 0 Å². The fourth-order valence-corrected chi connectivity index (χ4v) is 2.46. The van der Waals surface area contributed by atoms with Crippen LogP contribution < -0.4 is 11.5 Å². The molecule has 0 amide bonds. The predicted octanol–water partition coefficient (Wildman–Crippen LogP) is 0.225. The molecule has 0 spiro atoms. The molecule has 9 heavy (non-hydrogen) atoms. The summed E-state index contributed by atoms with van der Waals surface area (Å²) in [5.74, 6) is 0. The van der Waals surface area contributed by atoms with Crippen molar-refractivity contribution in [3.05, 3.63) is 0 Å². The van der Waals surface area contributed by atoms with E-state index in [9.17, 15) is 0 Å². The van der Waals surface area contributed by atoms with E-state index in [0.29, 0.717) is 0 Å². The van der Waals surface area contributed by atoms with E-state index in [-0.39, 0.29) is 0 Å². The second kappa shape index (κ2) is 8.44. The molecule has 56 valence electrons. The van der Waals surface area contributed by atoms with E-state index >= 15 is 0 Å². The predicted molar refractivity (Wildman–Crippen MR) is 42.7 cm³/mol. The average molecular weight is 195 g/mol. The Hall–Kier alpha value is 0.439. The third kappa shape index (κ3) is 8.44. The molecular formula is C6H16N2Se. The molecule has 2 nitrogen and oxygen atoms in total. The minimum absolute atomic E-state index is 0.818. The van der Waals surface area contributed by atoms with Crippen LogP contribution in [0.25, 0.3) is 0 Å². The van der Waals surface area contributed by atoms with Gasteiger partial charge in [0.05, 0.1) is 0 Å². The Morgan fingerprint density at radius 1 is 0.889 bits per heavy atom. The molecule has 0 fully saturated rings. The maximum atomic E-state index is 5.33. The summed E-state index contributed by atoms with van der Waals surface area (Å²) in [5.41, 5.74) is 10.7. The first-order chi connectivity index (χ1) is 4.41. The summed E-state index contributed by atoms with van der Waals surface area (Å²) in [4.78, 5) is 0. The molecule has 0 aliphatic heterocycles. The zero-order valence-electron chi connectivity index (χ0n) is 5.81. The van der Waals surface area contributed by atoms with Crippen LogP contribution in [0.4, 0.5) is 0 Å². The van der Waals surface area contributed by atoms with Crippen LogP contribution in [-0.2, 0) is 0 Å². The van der Waals surface area contributed by atoms with E-state index in [1.165, 1.54) is 23.5 Å². The van der Waals surface area contributed by atoms with Gasteiger partial charge in [-0.3, -0.25) is 0 Å². The summed E-state index contributed by atoms with van der Waals surface area (Å²) in [6.45, 7) is 1.70. The van der Waals surface area contributed by atoms with Gasteiger partial charge in [-0.2, -0.15) is 0 Å². The van der Waals surface area contributed by atoms with Gasteiger partial charge in [0, 0.05) is 0 Å². The fourth-order valence-electron chi connectivity index (χ4n) is 0.473. The quantitative estimate of drug-likeness (QED) is 0.470. The summed E-state index contributed by atoms with van der Waals surface area (Å²) in [6.07, 6.45) is 2.40. The Morgan fingerprint density at radius 2 is 1.33 bits per heavy atom. The van der Waals surface area contributed by atoms with Gasteiger partial charge in [-0.1, -0.05) is 0 Å². The molecule has 0 aliphatic carbocycles. The van der Waals surface area contributed by atoms with E-state index in [1.54, 1.807) is 0 Å². The van der Waals surface area contributed by atoms with E-state index in [4.69, 9.17) is 11.5 Å². The molecule has 3 heteroatoms. The van der Waals surface area contributed by atoms with Gasteiger partial charge in [-0.25, -0.2) is 0 Å². The van der Waals surface area contributed by atoms with Gasteiger partial charge < -0.3 is 0 Å². The van der Waals surface area contributed by atoms with Gasteiger partial charge in [-0.05, 0) is 0 Å². The minimum atomic E-state index is 0.818. The molecule has 0 aromatic heterocycles. The normalized spacial score (nSPS) is 10.0. The number of hydrogen-bond acceptors (Lipinski definition) is 2. The fraction of sp³-hybridized carbons (Fsp3) is 1.00. The summed E-state index contributed by atoms with van der Waals surface area (Å²) < 4.78 is 0. The Kier molecular flexibility index (Phi) is 8.85. The van der Waals surface area contributed by atoms with Crippen LogP contribution in [0.15, 0.2) is 0 Å². The van der Waals surface area contributed by atoms with Crippen molar-refractivity contribution >= 4 is 15.0 Å². The maximum absolute atomic E-state index is 5.33. The summed E-state index contributed by atoms with van der Waals surface area (Å²) in [5, 5.41) is 2.67. The summed E-state index contributed by atoms with van der Waals surface area (Å²) in [7, 11) is 0. The van der Waals surface area contributed by atoms with Crippen molar-refractivity contribution in [3.63, 3.8) is 0 Å². The van der Waals surface area contributed by atoms with E-state index in [0.717, 1.165) is 28.0 Å². The zero-order valence-corrected chi connectivity index (χ0v) is 7.52. The van der Waals surface area contributed by atoms with Gasteiger partial charge in [0.1, 0.15) is 0 Å². The van der Waals surface area contributed by atoms with E-state index in [2.05, 4.69) is 0 Å². The van der Waals surface area contributed by atoms with Crippen LogP contribution in [0, 0.1) is 0 Å². The summed E-state index contributed by atoms with van der Waals surface area (Å²) >= 11 is 0.818. The summed E-state index contributed by atoms with van der Waals surface area (Å²) in [6, 6.07) is 0. The van der Waals surface area contributed by atoms with Crippen LogP contribution in [0.1, 0.15) is 12.8 Å². The average Bonchev–Trinajstić information content (AvgIpc) is 1.89. The molecule has 0 rings (SSSR count). The molecular weight excluding hydrogens is 179 g/mol. The van der Waals surface area contributed by atoms with Gasteiger partial charge in [0.15, 0.2) is 0 Å². The van der Waals surface area contributed by atoms with Gasteiger partial charge >= 0.3 is 63.0 Å². The van der Waals surface area contributed by atoms with Gasteiger partial charge in [0.2, 0.25) is 0 Å². The van der Waals surface area contributed by atoms with E-state index < -0.39 is 0 Å². The van der Waals surface area contributed by atoms with Crippen LogP contribution in [0.2, 0.25) is 10.6 Å². The van der Waals surface area contributed by atoms with Crippen LogP contribution >= 0.6 is 0 Å². The monoisotopic (exact) mass is 196 g/mol. The molecule has 0 radical (unpaired) electrons. The molecule has 4 N–H and O–H groups in total. The first-order valence-electron chi connectivity index (χ1n) is 3.39. The number of nitrogens with two attached hydrogens (primary N) is 2. The standard InChI is InChI=1S/C6H16N2Se/c7-3-1-5-9-6-2-4-8/h1-8H2. The Balaban J connectivity index is 2.60. The zero-order chi connectivity index (χ0) is 6.95. The molecule has 0 saturated carbocycles. The molecule has 0 aromatic carbocycles. The van der Waals surface area contributed by atoms with Crippen molar-refractivity contribution in [1.29, 1.82) is 0 Å². The second-order valence-corrected chi connectivity index (χ2v) is 4.47. The molecule has 0 aromatic rings. The molecule has 0 saturated heterocycles. The molecule has 0 bridgehead atoms. The van der Waals surface area contributed by atoms with Crippen molar-refractivity contribution in [2.45, 2.75) is 23.5 Å². The molecule has 0 heterocycles. The first-order valence-corrected chi connectivity index (χ1v) is 5.82. The van der Waals surface area contributed by atoms with Crippen molar-refractivity contribution in [3.8, 4) is 0 Å². The molecule has 0 atom stereocenters. The molecule has 0 unspecified atom stereocenters. The Bertz CT molecular complexity index is 44.3. The van der Waals surface area contributed by atoms with Gasteiger partial charge in [-0.15, -0.1) is 0 Å². The third-order valence-electron chi connectivity index (χ3n) is 0.986. The van der Waals surface area contributed by atoms with Crippen LogP contribution in [0.5, 0.6) is 0 Å². The van der Waals surface area contributed by atoms with Crippen molar-refractivity contribution in [2.75, 3.05) is 13.1 Å². The van der Waals surface area contributed by atoms with Crippen LogP contribution in [0.3, 0.4) is 0 Å². The number of rotatable bonds is 6. The SMILES string of the molecule is NCCC[Se]CCCN. The number of hydrogen-bond donors (Lipinski definition) is 2. The van der Waals surface area contributed by atoms with Crippen molar-refractivity contribution in [2.24, 2.45) is 11.5 Å². The van der Waals surface area contributed by atoms with Crippen molar-refractivity contribution in [1.82, 2.24) is 0 Å². The third-order valence-corrected chi connectivity index (χ3v) is 3.41. The molecule has 0 aliphatic rings. The van der Waals surface area contributed by atoms with Crippen LogP contribution in [-0.4, -0.2) is 28.0 Å². The first kappa shape index (κ1) is 9.44. The Labute approximate surface area is 63.5 Å². The van der Waals surface area contributed by atoms with Crippen molar-refractivity contribution < 1.29 is 0 Å².